The second kappa shape index (κ2) is 6.59. The second-order valence-electron chi connectivity index (χ2n) is 7.32. The average molecular weight is 347 g/mol. The van der Waals surface area contributed by atoms with Crippen molar-refractivity contribution in [2.24, 2.45) is 0 Å². The smallest absolute Gasteiger partial charge is 0.264 e. The Morgan fingerprint density at radius 2 is 1.96 bits per heavy atom. The zero-order valence-corrected chi connectivity index (χ0v) is 15.3. The highest BCUT2D eigenvalue weighted by molar-refractivity contribution is 5.76. The van der Waals surface area contributed by atoms with Gasteiger partial charge in [0.05, 0.1) is 24.9 Å². The Balaban J connectivity index is 1.85. The van der Waals surface area contributed by atoms with Crippen LogP contribution in [-0.4, -0.2) is 56.4 Å². The van der Waals surface area contributed by atoms with Gasteiger partial charge in [0.2, 0.25) is 5.91 Å². The molecular formula is C17H25N5O3. The third kappa shape index (κ3) is 3.44. The van der Waals surface area contributed by atoms with E-state index in [9.17, 15) is 9.59 Å². The van der Waals surface area contributed by atoms with Crippen LogP contribution < -0.4 is 5.56 Å². The fourth-order valence-electron chi connectivity index (χ4n) is 3.04. The topological polar surface area (TPSA) is 82.2 Å². The van der Waals surface area contributed by atoms with Gasteiger partial charge in [-0.1, -0.05) is 0 Å². The van der Waals surface area contributed by atoms with Crippen LogP contribution >= 0.6 is 0 Å². The molecule has 0 unspecified atom stereocenters. The molecule has 0 aromatic carbocycles. The van der Waals surface area contributed by atoms with Gasteiger partial charge >= 0.3 is 0 Å². The van der Waals surface area contributed by atoms with Crippen LogP contribution in [0.25, 0.3) is 11.0 Å². The molecule has 8 nitrogen and oxygen atoms in total. The summed E-state index contributed by atoms with van der Waals surface area (Å²) in [5.41, 5.74) is 0.185. The van der Waals surface area contributed by atoms with Crippen LogP contribution in [0.5, 0.6) is 0 Å². The zero-order valence-electron chi connectivity index (χ0n) is 15.3. The Bertz CT molecular complexity index is 840. The number of ether oxygens (including phenoxy) is 1. The highest BCUT2D eigenvalue weighted by Gasteiger charge is 2.22. The Hall–Kier alpha value is -2.22. The van der Waals surface area contributed by atoms with Gasteiger partial charge in [0.15, 0.2) is 5.65 Å². The van der Waals surface area contributed by atoms with E-state index >= 15 is 0 Å². The van der Waals surface area contributed by atoms with E-state index < -0.39 is 0 Å². The van der Waals surface area contributed by atoms with Crippen LogP contribution in [0.2, 0.25) is 0 Å². The summed E-state index contributed by atoms with van der Waals surface area (Å²) in [4.78, 5) is 31.5. The first-order chi connectivity index (χ1) is 11.8. The van der Waals surface area contributed by atoms with E-state index in [4.69, 9.17) is 4.74 Å². The van der Waals surface area contributed by atoms with Gasteiger partial charge in [0, 0.05) is 26.1 Å². The molecule has 0 saturated carbocycles. The van der Waals surface area contributed by atoms with Gasteiger partial charge in [-0.05, 0) is 27.7 Å². The van der Waals surface area contributed by atoms with Crippen LogP contribution in [0, 0.1) is 6.92 Å². The molecular weight excluding hydrogens is 322 g/mol. The van der Waals surface area contributed by atoms with E-state index in [0.29, 0.717) is 49.7 Å². The molecule has 2 aromatic heterocycles. The number of aryl methyl sites for hydroxylation is 1. The quantitative estimate of drug-likeness (QED) is 0.824. The highest BCUT2D eigenvalue weighted by atomic mass is 16.5. The summed E-state index contributed by atoms with van der Waals surface area (Å²) in [7, 11) is 0. The first-order valence-electron chi connectivity index (χ1n) is 8.60. The summed E-state index contributed by atoms with van der Waals surface area (Å²) < 4.78 is 8.59. The number of carbonyl (C=O) groups is 1. The molecule has 0 aliphatic carbocycles. The summed E-state index contributed by atoms with van der Waals surface area (Å²) in [6, 6.07) is 0. The van der Waals surface area contributed by atoms with Crippen LogP contribution in [0.3, 0.4) is 0 Å². The lowest BCUT2D eigenvalue weighted by molar-refractivity contribution is -0.135. The number of amides is 1. The Kier molecular flexibility index (Phi) is 4.64. The number of rotatable bonds is 3. The van der Waals surface area contributed by atoms with Gasteiger partial charge < -0.3 is 9.64 Å². The standard InChI is InChI=1S/C17H25N5O3/c1-12-19-15-13(11-18-22(15)17(2,3)4)16(24)21(12)6-5-14(23)20-7-9-25-10-8-20/h11H,5-10H2,1-4H3. The molecule has 0 N–H and O–H groups in total. The number of morpholine rings is 1. The maximum Gasteiger partial charge on any atom is 0.264 e. The van der Waals surface area contributed by atoms with E-state index in [1.807, 2.05) is 20.8 Å². The van der Waals surface area contributed by atoms with Crippen molar-refractivity contribution in [3.05, 3.63) is 22.4 Å². The van der Waals surface area contributed by atoms with Crippen molar-refractivity contribution in [3.8, 4) is 0 Å². The maximum atomic E-state index is 12.8. The van der Waals surface area contributed by atoms with E-state index in [-0.39, 0.29) is 23.4 Å². The zero-order chi connectivity index (χ0) is 18.2. The molecule has 136 valence electrons. The summed E-state index contributed by atoms with van der Waals surface area (Å²) in [5.74, 6) is 0.637. The lowest BCUT2D eigenvalue weighted by atomic mass is 10.1. The van der Waals surface area contributed by atoms with Crippen LogP contribution in [0.15, 0.2) is 11.0 Å². The van der Waals surface area contributed by atoms with Crippen LogP contribution in [0.4, 0.5) is 0 Å². The molecule has 0 bridgehead atoms. The fourth-order valence-corrected chi connectivity index (χ4v) is 3.04. The second-order valence-corrected chi connectivity index (χ2v) is 7.32. The Labute approximate surface area is 146 Å². The minimum absolute atomic E-state index is 0.0417. The van der Waals surface area contributed by atoms with Crippen molar-refractivity contribution in [1.29, 1.82) is 0 Å². The van der Waals surface area contributed by atoms with Crippen molar-refractivity contribution >= 4 is 16.9 Å². The molecule has 1 aliphatic rings. The Morgan fingerprint density at radius 3 is 2.60 bits per heavy atom. The first-order valence-corrected chi connectivity index (χ1v) is 8.60. The molecule has 0 atom stereocenters. The van der Waals surface area contributed by atoms with Crippen molar-refractivity contribution in [1.82, 2.24) is 24.2 Å². The van der Waals surface area contributed by atoms with E-state index in [2.05, 4.69) is 10.1 Å². The molecule has 1 amide bonds. The Morgan fingerprint density at radius 1 is 1.28 bits per heavy atom. The number of carbonyl (C=O) groups excluding carboxylic acids is 1. The summed E-state index contributed by atoms with van der Waals surface area (Å²) in [6.07, 6.45) is 1.84. The van der Waals surface area contributed by atoms with E-state index in [1.54, 1.807) is 27.3 Å². The van der Waals surface area contributed by atoms with Gasteiger partial charge in [0.25, 0.3) is 5.56 Å². The molecule has 0 spiro atoms. The number of fused-ring (bicyclic) bond motifs is 1. The number of hydrogen-bond acceptors (Lipinski definition) is 5. The third-order valence-electron chi connectivity index (χ3n) is 4.43. The molecule has 2 aromatic rings. The predicted molar refractivity (Wildman–Crippen MR) is 93.5 cm³/mol. The van der Waals surface area contributed by atoms with Gasteiger partial charge in [-0.25, -0.2) is 9.67 Å². The summed E-state index contributed by atoms with van der Waals surface area (Å²) in [5, 5.41) is 4.82. The van der Waals surface area contributed by atoms with Gasteiger partial charge in [-0.2, -0.15) is 5.10 Å². The van der Waals surface area contributed by atoms with Crippen molar-refractivity contribution in [2.75, 3.05) is 26.3 Å². The number of nitrogens with zero attached hydrogens (tertiary/aromatic N) is 5. The lowest BCUT2D eigenvalue weighted by Crippen LogP contribution is -2.41. The molecule has 1 fully saturated rings. The van der Waals surface area contributed by atoms with Crippen molar-refractivity contribution in [3.63, 3.8) is 0 Å². The molecule has 0 radical (unpaired) electrons. The van der Waals surface area contributed by atoms with Gasteiger partial charge in [-0.3, -0.25) is 14.2 Å². The molecule has 3 rings (SSSR count). The highest BCUT2D eigenvalue weighted by Crippen LogP contribution is 2.18. The molecule has 3 heterocycles. The summed E-state index contributed by atoms with van der Waals surface area (Å²) in [6.45, 7) is 10.5. The average Bonchev–Trinajstić information content (AvgIpc) is 2.99. The molecule has 25 heavy (non-hydrogen) atoms. The predicted octanol–water partition coefficient (Wildman–Crippen LogP) is 0.905. The summed E-state index contributed by atoms with van der Waals surface area (Å²) >= 11 is 0. The third-order valence-corrected chi connectivity index (χ3v) is 4.43. The van der Waals surface area contributed by atoms with Crippen LogP contribution in [-0.2, 0) is 21.6 Å². The van der Waals surface area contributed by atoms with E-state index in [1.165, 1.54) is 0 Å². The minimum atomic E-state index is -0.258. The van der Waals surface area contributed by atoms with Crippen molar-refractivity contribution in [2.45, 2.75) is 46.2 Å². The SMILES string of the molecule is Cc1nc2c(cnn2C(C)(C)C)c(=O)n1CCC(=O)N1CCOCC1. The van der Waals surface area contributed by atoms with Crippen molar-refractivity contribution < 1.29 is 9.53 Å². The lowest BCUT2D eigenvalue weighted by Gasteiger charge is -2.27. The van der Waals surface area contributed by atoms with Crippen LogP contribution in [0.1, 0.15) is 33.0 Å². The number of aromatic nitrogens is 4. The monoisotopic (exact) mass is 347 g/mol. The largest absolute Gasteiger partial charge is 0.378 e. The molecule has 8 heteroatoms. The molecule has 1 aliphatic heterocycles. The van der Waals surface area contributed by atoms with Gasteiger partial charge in [-0.15, -0.1) is 0 Å². The van der Waals surface area contributed by atoms with Gasteiger partial charge in [0.1, 0.15) is 11.2 Å². The fraction of sp³-hybridized carbons (Fsp3) is 0.647. The minimum Gasteiger partial charge on any atom is -0.378 e. The van der Waals surface area contributed by atoms with E-state index in [0.717, 1.165) is 0 Å². The maximum absolute atomic E-state index is 12.8. The number of hydrogen-bond donors (Lipinski definition) is 0. The molecule has 1 saturated heterocycles. The first kappa shape index (κ1) is 17.6. The normalized spacial score (nSPS) is 15.8.